The summed E-state index contributed by atoms with van der Waals surface area (Å²) in [4.78, 5) is 25.0. The van der Waals surface area contributed by atoms with Gasteiger partial charge in [-0.15, -0.1) is 0 Å². The number of carbonyl (C=O) groups excluding carboxylic acids is 2. The van der Waals surface area contributed by atoms with Gasteiger partial charge in [0.25, 0.3) is 5.79 Å². The number of esters is 2. The van der Waals surface area contributed by atoms with Crippen molar-refractivity contribution in [2.24, 2.45) is 17.8 Å². The van der Waals surface area contributed by atoms with Crippen molar-refractivity contribution in [2.75, 3.05) is 6.61 Å². The van der Waals surface area contributed by atoms with Crippen molar-refractivity contribution in [1.82, 2.24) is 0 Å². The molecule has 188 valence electrons. The van der Waals surface area contributed by atoms with Crippen molar-refractivity contribution in [3.63, 3.8) is 0 Å². The molecule has 3 aliphatic rings. The van der Waals surface area contributed by atoms with Crippen molar-refractivity contribution in [3.05, 3.63) is 24.8 Å². The van der Waals surface area contributed by atoms with E-state index in [0.29, 0.717) is 12.2 Å². The molecule has 2 bridgehead atoms. The molecule has 2 fully saturated rings. The van der Waals surface area contributed by atoms with Gasteiger partial charge in [0, 0.05) is 19.5 Å². The van der Waals surface area contributed by atoms with Crippen molar-refractivity contribution >= 4 is 67.2 Å². The number of rotatable bonds is 6. The Hall–Kier alpha value is -0.950. The SMILES string of the molecule is O=C1OC2(CC3CC2CC3C(=O)OCCC(F)(F)C(F)(F)S(=O)(=O)[O-])Oc2cc(I)c(I)cc21. The second-order valence-corrected chi connectivity index (χ2v) is 12.1. The summed E-state index contributed by atoms with van der Waals surface area (Å²) in [6.07, 6.45) is -1.08. The second-order valence-electron chi connectivity index (χ2n) is 8.40. The normalized spacial score (nSPS) is 28.4. The van der Waals surface area contributed by atoms with Gasteiger partial charge in [-0.25, -0.2) is 13.2 Å². The molecular weight excluding hydrogens is 718 g/mol. The number of hydrogen-bond acceptors (Lipinski definition) is 8. The van der Waals surface area contributed by atoms with Gasteiger partial charge in [0.05, 0.1) is 18.9 Å². The Kier molecular flexibility index (Phi) is 6.58. The molecule has 2 saturated carbocycles. The number of fused-ring (bicyclic) bond motifs is 4. The van der Waals surface area contributed by atoms with E-state index >= 15 is 0 Å². The van der Waals surface area contributed by atoms with Gasteiger partial charge >= 0.3 is 23.1 Å². The van der Waals surface area contributed by atoms with Crippen molar-refractivity contribution in [2.45, 2.75) is 42.6 Å². The van der Waals surface area contributed by atoms with Crippen molar-refractivity contribution in [1.29, 1.82) is 0 Å². The second kappa shape index (κ2) is 8.57. The van der Waals surface area contributed by atoms with Crippen LogP contribution in [0.5, 0.6) is 5.75 Å². The fourth-order valence-corrected chi connectivity index (χ4v) is 6.06. The lowest BCUT2D eigenvalue weighted by Crippen LogP contribution is -2.50. The Labute approximate surface area is 218 Å². The van der Waals surface area contributed by atoms with E-state index < -0.39 is 58.0 Å². The van der Waals surface area contributed by atoms with Crippen LogP contribution in [0.25, 0.3) is 0 Å². The van der Waals surface area contributed by atoms with Crippen molar-refractivity contribution < 1.29 is 54.3 Å². The maximum atomic E-state index is 13.5. The lowest BCUT2D eigenvalue weighted by molar-refractivity contribution is -0.194. The summed E-state index contributed by atoms with van der Waals surface area (Å²) >= 11 is 4.18. The van der Waals surface area contributed by atoms with E-state index in [1.165, 1.54) is 0 Å². The number of benzene rings is 1. The zero-order valence-corrected chi connectivity index (χ0v) is 22.0. The third kappa shape index (κ3) is 4.27. The standard InChI is InChI=1S/C19H16F4I2O8S/c20-18(21,19(22,23)34(28,29)30)1-2-31-15(26)10-4-9-3-8(10)7-17(9)32-14-6-13(25)12(24)5-11(14)16(27)33-17/h5-6,8-10H,1-4,7H2,(H,28,29,30)/p-1. The van der Waals surface area contributed by atoms with Crippen LogP contribution in [0.4, 0.5) is 17.6 Å². The lowest BCUT2D eigenvalue weighted by Gasteiger charge is -2.41. The van der Waals surface area contributed by atoms with E-state index in [0.717, 1.165) is 7.14 Å². The van der Waals surface area contributed by atoms with Gasteiger partial charge in [-0.3, -0.25) is 4.79 Å². The molecular formula is C19H15F4I2O8S-. The maximum Gasteiger partial charge on any atom is 0.396 e. The van der Waals surface area contributed by atoms with Crippen LogP contribution in [-0.4, -0.2) is 48.5 Å². The Bertz CT molecular complexity index is 1160. The average Bonchev–Trinajstić information content (AvgIpc) is 3.26. The highest BCUT2D eigenvalue weighted by Crippen LogP contribution is 2.58. The number of ether oxygens (including phenoxy) is 3. The van der Waals surface area contributed by atoms with E-state index in [1.54, 1.807) is 12.1 Å². The van der Waals surface area contributed by atoms with Gasteiger partial charge in [0.1, 0.15) is 11.3 Å². The molecule has 1 spiro atoms. The molecule has 4 atom stereocenters. The number of alkyl halides is 4. The smallest absolute Gasteiger partial charge is 0.396 e. The Balaban J connectivity index is 1.38. The average molecular weight is 733 g/mol. The van der Waals surface area contributed by atoms with Crippen LogP contribution in [0.2, 0.25) is 0 Å². The summed E-state index contributed by atoms with van der Waals surface area (Å²) in [5.41, 5.74) is 0.284. The largest absolute Gasteiger partial charge is 0.743 e. The highest BCUT2D eigenvalue weighted by molar-refractivity contribution is 14.1. The molecule has 1 heterocycles. The molecule has 0 amide bonds. The summed E-state index contributed by atoms with van der Waals surface area (Å²) in [5.74, 6) is -9.08. The first-order valence-corrected chi connectivity index (χ1v) is 13.4. The van der Waals surface area contributed by atoms with E-state index in [4.69, 9.17) is 14.2 Å². The first kappa shape index (κ1) is 26.1. The minimum absolute atomic E-state index is 0.161. The van der Waals surface area contributed by atoms with Gasteiger partial charge in [-0.2, -0.15) is 17.6 Å². The van der Waals surface area contributed by atoms with Gasteiger partial charge in [-0.1, -0.05) is 0 Å². The van der Waals surface area contributed by atoms with Crippen LogP contribution in [0.15, 0.2) is 12.1 Å². The van der Waals surface area contributed by atoms with E-state index in [-0.39, 0.29) is 30.2 Å². The third-order valence-corrected chi connectivity index (χ3v) is 10.1. The zero-order valence-electron chi connectivity index (χ0n) is 16.9. The molecule has 0 saturated heterocycles. The summed E-state index contributed by atoms with van der Waals surface area (Å²) in [6.45, 7) is -1.20. The Morgan fingerprint density at radius 3 is 2.41 bits per heavy atom. The van der Waals surface area contributed by atoms with Crippen LogP contribution < -0.4 is 4.74 Å². The molecule has 8 nitrogen and oxygen atoms in total. The first-order valence-electron chi connectivity index (χ1n) is 9.87. The highest BCUT2D eigenvalue weighted by atomic mass is 127. The van der Waals surface area contributed by atoms with Crippen LogP contribution in [0.3, 0.4) is 0 Å². The lowest BCUT2D eigenvalue weighted by atomic mass is 9.84. The van der Waals surface area contributed by atoms with Gasteiger partial charge in [0.2, 0.25) is 0 Å². The molecule has 0 aromatic heterocycles. The van der Waals surface area contributed by atoms with E-state index in [1.807, 2.05) is 0 Å². The molecule has 2 aliphatic carbocycles. The third-order valence-electron chi connectivity index (χ3n) is 6.36. The number of halogens is 6. The van der Waals surface area contributed by atoms with E-state index in [9.17, 15) is 40.1 Å². The van der Waals surface area contributed by atoms with Gasteiger partial charge in [0.15, 0.2) is 10.1 Å². The minimum atomic E-state index is -6.61. The number of carbonyl (C=O) groups is 2. The maximum absolute atomic E-state index is 13.5. The predicted molar refractivity (Wildman–Crippen MR) is 120 cm³/mol. The molecule has 0 radical (unpaired) electrons. The molecule has 1 aliphatic heterocycles. The summed E-state index contributed by atoms with van der Waals surface area (Å²) in [7, 11) is -6.61. The molecule has 15 heteroatoms. The van der Waals surface area contributed by atoms with Gasteiger partial charge in [-0.05, 0) is 76.1 Å². The van der Waals surface area contributed by atoms with Crippen molar-refractivity contribution in [3.8, 4) is 5.75 Å². The molecule has 4 unspecified atom stereocenters. The quantitative estimate of drug-likeness (QED) is 0.187. The van der Waals surface area contributed by atoms with Crippen LogP contribution >= 0.6 is 45.2 Å². The van der Waals surface area contributed by atoms with E-state index in [2.05, 4.69) is 45.2 Å². The topological polar surface area (TPSA) is 119 Å². The first-order chi connectivity index (χ1) is 15.6. The van der Waals surface area contributed by atoms with Crippen LogP contribution in [-0.2, 0) is 24.4 Å². The monoisotopic (exact) mass is 733 g/mol. The predicted octanol–water partition coefficient (Wildman–Crippen LogP) is 3.89. The summed E-state index contributed by atoms with van der Waals surface area (Å²) < 4.78 is 103. The fraction of sp³-hybridized carbons (Fsp3) is 0.579. The minimum Gasteiger partial charge on any atom is -0.743 e. The highest BCUT2D eigenvalue weighted by Gasteiger charge is 2.64. The Morgan fingerprint density at radius 1 is 1.18 bits per heavy atom. The van der Waals surface area contributed by atoms with Gasteiger partial charge < -0.3 is 18.8 Å². The summed E-state index contributed by atoms with van der Waals surface area (Å²) in [5, 5.41) is -5.83. The molecule has 4 rings (SSSR count). The Morgan fingerprint density at radius 2 is 1.82 bits per heavy atom. The summed E-state index contributed by atoms with van der Waals surface area (Å²) in [6, 6.07) is 3.37. The number of hydrogen-bond donors (Lipinski definition) is 0. The van der Waals surface area contributed by atoms with Crippen LogP contribution in [0.1, 0.15) is 36.0 Å². The zero-order chi connectivity index (χ0) is 25.3. The fourth-order valence-electron chi connectivity index (χ4n) is 4.69. The molecule has 1 aromatic carbocycles. The molecule has 0 N–H and O–H groups in total. The molecule has 34 heavy (non-hydrogen) atoms. The van der Waals surface area contributed by atoms with Crippen LogP contribution in [0, 0.1) is 24.9 Å². The molecule has 1 aromatic rings.